The van der Waals surface area contributed by atoms with Crippen molar-refractivity contribution in [1.29, 1.82) is 0 Å². The molecule has 0 radical (unpaired) electrons. The molecule has 1 heterocycles. The maximum atomic E-state index is 12.4. The number of carbonyl (C=O) groups is 1. The molecule has 1 amide bonds. The minimum absolute atomic E-state index is 0.0338. The van der Waals surface area contributed by atoms with Crippen LogP contribution < -0.4 is 5.43 Å². The summed E-state index contributed by atoms with van der Waals surface area (Å²) >= 11 is 0. The molecule has 3 aromatic rings. The summed E-state index contributed by atoms with van der Waals surface area (Å²) in [5.41, 5.74) is 5.11. The molecule has 0 unspecified atom stereocenters. The zero-order chi connectivity index (χ0) is 19.2. The Morgan fingerprint density at radius 2 is 1.78 bits per heavy atom. The van der Waals surface area contributed by atoms with Crippen molar-refractivity contribution in [3.8, 4) is 0 Å². The molecule has 0 atom stereocenters. The van der Waals surface area contributed by atoms with Gasteiger partial charge in [-0.1, -0.05) is 36.4 Å². The van der Waals surface area contributed by atoms with Crippen LogP contribution in [0.15, 0.2) is 78.0 Å². The van der Waals surface area contributed by atoms with Crippen LogP contribution in [0.3, 0.4) is 0 Å². The molecule has 0 fully saturated rings. The van der Waals surface area contributed by atoms with E-state index >= 15 is 0 Å². The number of nitrogens with zero attached hydrogens (tertiary/aromatic N) is 3. The zero-order valence-electron chi connectivity index (χ0n) is 14.5. The molecule has 2 aromatic carbocycles. The van der Waals surface area contributed by atoms with Gasteiger partial charge in [0.1, 0.15) is 5.71 Å². The summed E-state index contributed by atoms with van der Waals surface area (Å²) in [5, 5.41) is 15.2. The molecule has 0 bridgehead atoms. The van der Waals surface area contributed by atoms with Crippen molar-refractivity contribution in [2.24, 2.45) is 5.10 Å². The lowest BCUT2D eigenvalue weighted by Crippen LogP contribution is -2.21. The number of rotatable bonds is 5. The highest BCUT2D eigenvalue weighted by Crippen LogP contribution is 2.18. The molecule has 1 aromatic heterocycles. The summed E-state index contributed by atoms with van der Waals surface area (Å²) in [6.45, 7) is 1.58. The van der Waals surface area contributed by atoms with Gasteiger partial charge in [0.25, 0.3) is 11.6 Å². The molecule has 0 spiro atoms. The van der Waals surface area contributed by atoms with E-state index in [4.69, 9.17) is 0 Å². The molecule has 7 heteroatoms. The van der Waals surface area contributed by atoms with Crippen LogP contribution in [0.1, 0.15) is 27.2 Å². The molecule has 0 aliphatic heterocycles. The van der Waals surface area contributed by atoms with E-state index in [0.29, 0.717) is 17.0 Å². The number of nitro groups is 1. The summed E-state index contributed by atoms with van der Waals surface area (Å²) in [6.07, 6.45) is 1.65. The highest BCUT2D eigenvalue weighted by atomic mass is 16.6. The maximum Gasteiger partial charge on any atom is 0.272 e. The zero-order valence-corrected chi connectivity index (χ0v) is 14.5. The minimum Gasteiger partial charge on any atom is -0.267 e. The minimum atomic E-state index is -0.482. The van der Waals surface area contributed by atoms with Crippen molar-refractivity contribution in [3.05, 3.63) is 105 Å². The van der Waals surface area contributed by atoms with Crippen LogP contribution in [0.25, 0.3) is 0 Å². The summed E-state index contributed by atoms with van der Waals surface area (Å²) in [5.74, 6) is -0.461. The summed E-state index contributed by atoms with van der Waals surface area (Å²) in [7, 11) is 0. The molecule has 1 N–H and O–H groups in total. The van der Waals surface area contributed by atoms with Gasteiger partial charge in [0, 0.05) is 29.0 Å². The molecular formula is C20H16N4O3. The van der Waals surface area contributed by atoms with Crippen molar-refractivity contribution < 1.29 is 9.72 Å². The lowest BCUT2D eigenvalue weighted by Gasteiger charge is -2.07. The van der Waals surface area contributed by atoms with Gasteiger partial charge in [-0.05, 0) is 31.2 Å². The topological polar surface area (TPSA) is 97.5 Å². The fourth-order valence-electron chi connectivity index (χ4n) is 2.54. The molecule has 7 nitrogen and oxygen atoms in total. The van der Waals surface area contributed by atoms with Crippen molar-refractivity contribution in [3.63, 3.8) is 0 Å². The SMILES string of the molecule is Cc1cc(C(=O)N/N=C(\c2ccccc2)c2ccccn2)ccc1[N+](=O)[O-]. The Kier molecular flexibility index (Phi) is 5.32. The van der Waals surface area contributed by atoms with Crippen LogP contribution >= 0.6 is 0 Å². The van der Waals surface area contributed by atoms with Gasteiger partial charge in [-0.3, -0.25) is 19.9 Å². The second-order valence-corrected chi connectivity index (χ2v) is 5.74. The third kappa shape index (κ3) is 4.21. The van der Waals surface area contributed by atoms with Crippen molar-refractivity contribution in [2.45, 2.75) is 6.92 Å². The summed E-state index contributed by atoms with van der Waals surface area (Å²) in [6, 6.07) is 19.0. The van der Waals surface area contributed by atoms with Gasteiger partial charge in [0.2, 0.25) is 0 Å². The van der Waals surface area contributed by atoms with E-state index in [1.54, 1.807) is 25.3 Å². The average Bonchev–Trinajstić information content (AvgIpc) is 2.69. The molecule has 0 aliphatic rings. The first-order chi connectivity index (χ1) is 13.1. The lowest BCUT2D eigenvalue weighted by atomic mass is 10.1. The van der Waals surface area contributed by atoms with Crippen molar-refractivity contribution in [1.82, 2.24) is 10.4 Å². The highest BCUT2D eigenvalue weighted by Gasteiger charge is 2.14. The van der Waals surface area contributed by atoms with Crippen molar-refractivity contribution >= 4 is 17.3 Å². The Labute approximate surface area is 155 Å². The second-order valence-electron chi connectivity index (χ2n) is 5.74. The van der Waals surface area contributed by atoms with Crippen molar-refractivity contribution in [2.75, 3.05) is 0 Å². The van der Waals surface area contributed by atoms with E-state index in [1.165, 1.54) is 18.2 Å². The molecule has 0 aliphatic carbocycles. The van der Waals surface area contributed by atoms with Crippen LogP contribution in [0.2, 0.25) is 0 Å². The van der Waals surface area contributed by atoms with Gasteiger partial charge in [0.15, 0.2) is 0 Å². The Hall–Kier alpha value is -3.87. The van der Waals surface area contributed by atoms with Gasteiger partial charge >= 0.3 is 0 Å². The number of amides is 1. The molecule has 0 saturated carbocycles. The van der Waals surface area contributed by atoms with E-state index in [-0.39, 0.29) is 11.3 Å². The first-order valence-electron chi connectivity index (χ1n) is 8.16. The number of aromatic nitrogens is 1. The number of nitro benzene ring substituents is 1. The molecule has 27 heavy (non-hydrogen) atoms. The van der Waals surface area contributed by atoms with Crippen LogP contribution in [-0.4, -0.2) is 21.5 Å². The summed E-state index contributed by atoms with van der Waals surface area (Å²) in [4.78, 5) is 27.2. The van der Waals surface area contributed by atoms with E-state index in [0.717, 1.165) is 5.56 Å². The van der Waals surface area contributed by atoms with E-state index in [9.17, 15) is 14.9 Å². The van der Waals surface area contributed by atoms with Gasteiger partial charge in [0.05, 0.1) is 10.6 Å². The first kappa shape index (κ1) is 17.9. The van der Waals surface area contributed by atoms with Gasteiger partial charge in [-0.25, -0.2) is 5.43 Å². The third-order valence-corrected chi connectivity index (χ3v) is 3.88. The third-order valence-electron chi connectivity index (χ3n) is 3.88. The first-order valence-corrected chi connectivity index (χ1v) is 8.16. The Morgan fingerprint density at radius 1 is 1.04 bits per heavy atom. The Bertz CT molecular complexity index is 961. The monoisotopic (exact) mass is 360 g/mol. The van der Waals surface area contributed by atoms with E-state index in [2.05, 4.69) is 15.5 Å². The van der Waals surface area contributed by atoms with Crippen LogP contribution in [0, 0.1) is 17.0 Å². The van der Waals surface area contributed by atoms with Gasteiger partial charge < -0.3 is 0 Å². The van der Waals surface area contributed by atoms with Crippen LogP contribution in [-0.2, 0) is 0 Å². The number of nitrogens with one attached hydrogen (secondary N) is 1. The number of benzene rings is 2. The molecule has 134 valence electrons. The normalized spacial score (nSPS) is 11.1. The number of hydrogen-bond donors (Lipinski definition) is 1. The predicted octanol–water partition coefficient (Wildman–Crippen LogP) is 3.48. The predicted molar refractivity (Wildman–Crippen MR) is 102 cm³/mol. The number of hydrazone groups is 1. The number of carbonyl (C=O) groups excluding carboxylic acids is 1. The fraction of sp³-hybridized carbons (Fsp3) is 0.0500. The Morgan fingerprint density at radius 3 is 2.41 bits per heavy atom. The van der Waals surface area contributed by atoms with E-state index < -0.39 is 10.8 Å². The summed E-state index contributed by atoms with van der Waals surface area (Å²) < 4.78 is 0. The standard InChI is InChI=1S/C20H16N4O3/c1-14-13-16(10-11-18(14)24(26)27)20(25)23-22-19(15-7-3-2-4-8-15)17-9-5-6-12-21-17/h2-13H,1H3,(H,23,25)/b22-19+. The smallest absolute Gasteiger partial charge is 0.267 e. The van der Waals surface area contributed by atoms with Crippen LogP contribution in [0.4, 0.5) is 5.69 Å². The molecular weight excluding hydrogens is 344 g/mol. The maximum absolute atomic E-state index is 12.4. The highest BCUT2D eigenvalue weighted by molar-refractivity contribution is 6.12. The lowest BCUT2D eigenvalue weighted by molar-refractivity contribution is -0.385. The molecule has 0 saturated heterocycles. The van der Waals surface area contributed by atoms with Gasteiger partial charge in [-0.2, -0.15) is 5.10 Å². The largest absolute Gasteiger partial charge is 0.272 e. The van der Waals surface area contributed by atoms with Crippen LogP contribution in [0.5, 0.6) is 0 Å². The number of aryl methyl sites for hydroxylation is 1. The number of hydrogen-bond acceptors (Lipinski definition) is 5. The van der Waals surface area contributed by atoms with Gasteiger partial charge in [-0.15, -0.1) is 0 Å². The van der Waals surface area contributed by atoms with E-state index in [1.807, 2.05) is 36.4 Å². The molecule has 3 rings (SSSR count). The Balaban J connectivity index is 1.90. The quantitative estimate of drug-likeness (QED) is 0.428. The fourth-order valence-corrected chi connectivity index (χ4v) is 2.54. The number of pyridine rings is 1. The second kappa shape index (κ2) is 8.01. The average molecular weight is 360 g/mol.